The van der Waals surface area contributed by atoms with Gasteiger partial charge in [0.15, 0.2) is 5.49 Å². The van der Waals surface area contributed by atoms with Crippen LogP contribution >= 0.6 is 11.8 Å². The third-order valence-corrected chi connectivity index (χ3v) is 7.15. The molecule has 3 heterocycles. The van der Waals surface area contributed by atoms with Crippen LogP contribution < -0.4 is 15.0 Å². The quantitative estimate of drug-likeness (QED) is 0.425. The number of hydrogen-bond acceptors (Lipinski definition) is 7. The molecule has 1 unspecified atom stereocenters. The zero-order valence-corrected chi connectivity index (χ0v) is 20.1. The number of imidazole rings is 1. The minimum Gasteiger partial charge on any atom is -0.495 e. The Morgan fingerprint density at radius 3 is 2.86 bits per heavy atom. The summed E-state index contributed by atoms with van der Waals surface area (Å²) in [7, 11) is 1.61. The van der Waals surface area contributed by atoms with Gasteiger partial charge in [0.1, 0.15) is 22.9 Å². The second-order valence-electron chi connectivity index (χ2n) is 8.24. The van der Waals surface area contributed by atoms with E-state index in [0.717, 1.165) is 16.3 Å². The molecule has 2 aromatic carbocycles. The second kappa shape index (κ2) is 9.20. The molecule has 0 bridgehead atoms. The highest BCUT2D eigenvalue weighted by Crippen LogP contribution is 2.40. The molecular weight excluding hydrogens is 469 g/mol. The monoisotopic (exact) mass is 493 g/mol. The fourth-order valence-corrected chi connectivity index (χ4v) is 5.21. The molecule has 0 saturated carbocycles. The molecule has 5 rings (SSSR count). The number of hydrogen-bond donors (Lipinski definition) is 2. The predicted molar refractivity (Wildman–Crippen MR) is 128 cm³/mol. The first-order valence-corrected chi connectivity index (χ1v) is 11.8. The van der Waals surface area contributed by atoms with Crippen LogP contribution in [0.15, 0.2) is 71.0 Å². The third kappa shape index (κ3) is 4.08. The lowest BCUT2D eigenvalue weighted by atomic mass is 9.85. The summed E-state index contributed by atoms with van der Waals surface area (Å²) < 4.78 is 28.5. The average Bonchev–Trinajstić information content (AvgIpc) is 3.30. The van der Waals surface area contributed by atoms with Crippen molar-refractivity contribution in [3.05, 3.63) is 83.7 Å². The van der Waals surface area contributed by atoms with Crippen LogP contribution in [0.3, 0.4) is 0 Å². The molecule has 0 amide bonds. The minimum atomic E-state index is -1.03. The first-order chi connectivity index (χ1) is 16.9. The van der Waals surface area contributed by atoms with Crippen LogP contribution in [0.25, 0.3) is 5.69 Å². The van der Waals surface area contributed by atoms with Crippen molar-refractivity contribution < 1.29 is 19.0 Å². The van der Waals surface area contributed by atoms with Gasteiger partial charge in [-0.2, -0.15) is 5.10 Å². The summed E-state index contributed by atoms with van der Waals surface area (Å²) in [6.07, 6.45) is 5.66. The molecule has 2 N–H and O–H groups in total. The van der Waals surface area contributed by atoms with Crippen LogP contribution in [0.5, 0.6) is 11.5 Å². The van der Waals surface area contributed by atoms with Crippen LogP contribution in [0, 0.1) is 18.2 Å². The summed E-state index contributed by atoms with van der Waals surface area (Å²) in [6.45, 7) is 1.89. The lowest BCUT2D eigenvalue weighted by Crippen LogP contribution is -2.49. The van der Waals surface area contributed by atoms with Crippen molar-refractivity contribution in [2.45, 2.75) is 28.7 Å². The Balaban J connectivity index is 1.53. The van der Waals surface area contributed by atoms with Gasteiger partial charge in [-0.3, -0.25) is 5.41 Å². The van der Waals surface area contributed by atoms with Crippen molar-refractivity contribution in [2.75, 3.05) is 20.3 Å². The van der Waals surface area contributed by atoms with Crippen LogP contribution in [0.2, 0.25) is 0 Å². The van der Waals surface area contributed by atoms with Crippen LogP contribution in [-0.2, 0) is 5.54 Å². The molecule has 1 aliphatic rings. The topological polar surface area (TPSA) is 98.2 Å². The molecule has 1 atom stereocenters. The van der Waals surface area contributed by atoms with E-state index in [2.05, 4.69) is 10.1 Å². The van der Waals surface area contributed by atoms with Crippen LogP contribution in [-0.4, -0.2) is 44.8 Å². The summed E-state index contributed by atoms with van der Waals surface area (Å²) in [4.78, 5) is 5.80. The van der Waals surface area contributed by atoms with E-state index in [1.807, 2.05) is 35.9 Å². The summed E-state index contributed by atoms with van der Waals surface area (Å²) in [5, 5.41) is 23.9. The Bertz CT molecular complexity index is 1450. The second-order valence-corrected chi connectivity index (χ2v) is 9.36. The molecule has 8 nitrogen and oxygen atoms in total. The average molecular weight is 494 g/mol. The predicted octanol–water partition coefficient (Wildman–Crippen LogP) is 3.67. The van der Waals surface area contributed by atoms with E-state index in [0.29, 0.717) is 28.4 Å². The van der Waals surface area contributed by atoms with Gasteiger partial charge in [0.2, 0.25) is 0 Å². The molecular formula is C25H24FN5O3S. The number of rotatable bonds is 6. The van der Waals surface area contributed by atoms with Gasteiger partial charge >= 0.3 is 0 Å². The highest BCUT2D eigenvalue weighted by molar-refractivity contribution is 7.99. The van der Waals surface area contributed by atoms with Crippen molar-refractivity contribution in [1.29, 1.82) is 5.41 Å². The number of methoxy groups -OCH3 is 1. The van der Waals surface area contributed by atoms with Gasteiger partial charge in [-0.15, -0.1) is 0 Å². The number of halogens is 1. The Morgan fingerprint density at radius 2 is 2.11 bits per heavy atom. The van der Waals surface area contributed by atoms with Crippen molar-refractivity contribution >= 4 is 11.8 Å². The normalized spacial score (nSPS) is 17.0. The molecule has 35 heavy (non-hydrogen) atoms. The van der Waals surface area contributed by atoms with Crippen LogP contribution in [0.1, 0.15) is 17.7 Å². The highest BCUT2D eigenvalue weighted by atomic mass is 32.2. The Kier molecular flexibility index (Phi) is 6.08. The summed E-state index contributed by atoms with van der Waals surface area (Å²) >= 11 is 1.40. The highest BCUT2D eigenvalue weighted by Gasteiger charge is 2.41. The molecule has 10 heteroatoms. The molecule has 0 spiro atoms. The van der Waals surface area contributed by atoms with Gasteiger partial charge in [-0.25, -0.2) is 14.1 Å². The van der Waals surface area contributed by atoms with Gasteiger partial charge in [-0.1, -0.05) is 11.8 Å². The lowest BCUT2D eigenvalue weighted by Gasteiger charge is -2.38. The zero-order valence-electron chi connectivity index (χ0n) is 19.2. The number of benzene rings is 2. The smallest absolute Gasteiger partial charge is 0.156 e. The van der Waals surface area contributed by atoms with E-state index in [4.69, 9.17) is 14.9 Å². The molecule has 180 valence electrons. The molecule has 1 aliphatic heterocycles. The van der Waals surface area contributed by atoms with Crippen molar-refractivity contribution in [1.82, 2.24) is 19.3 Å². The zero-order chi connectivity index (χ0) is 24.6. The van der Waals surface area contributed by atoms with Gasteiger partial charge in [0.25, 0.3) is 0 Å². The first kappa shape index (κ1) is 23.1. The number of aryl methyl sites for hydroxylation is 1. The third-order valence-electron chi connectivity index (χ3n) is 6.11. The Hall–Kier alpha value is -3.63. The van der Waals surface area contributed by atoms with E-state index in [1.165, 1.54) is 28.6 Å². The number of fused-ring (bicyclic) bond motifs is 1. The number of aliphatic hydroxyl groups is 1. The number of nitrogens with one attached hydrogen (secondary N) is 1. The van der Waals surface area contributed by atoms with Crippen molar-refractivity contribution in [3.8, 4) is 17.2 Å². The molecule has 4 aromatic rings. The molecule has 0 fully saturated rings. The summed E-state index contributed by atoms with van der Waals surface area (Å²) in [5.41, 5.74) is 1.47. The molecule has 0 radical (unpaired) electrons. The number of aliphatic hydroxyl groups excluding tert-OH is 1. The maximum atomic E-state index is 13.8. The molecule has 2 aromatic heterocycles. The van der Waals surface area contributed by atoms with Gasteiger partial charge in [0.05, 0.1) is 42.9 Å². The SMILES string of the molecule is COc1cc(Sc2ccnn(C3(CO)CCOc4cc(F)ccc43)c2=N)ccc1-n1cnc(C)c1. The van der Waals surface area contributed by atoms with E-state index in [-0.39, 0.29) is 18.7 Å². The molecule has 0 saturated heterocycles. The molecule has 0 aliphatic carbocycles. The fourth-order valence-electron chi connectivity index (χ4n) is 4.35. The van der Waals surface area contributed by atoms with E-state index >= 15 is 0 Å². The maximum Gasteiger partial charge on any atom is 0.156 e. The first-order valence-electron chi connectivity index (χ1n) is 11.0. The van der Waals surface area contributed by atoms with E-state index in [1.54, 1.807) is 31.8 Å². The summed E-state index contributed by atoms with van der Waals surface area (Å²) in [5.74, 6) is 0.606. The largest absolute Gasteiger partial charge is 0.495 e. The van der Waals surface area contributed by atoms with Crippen LogP contribution in [0.4, 0.5) is 4.39 Å². The maximum absolute atomic E-state index is 13.8. The van der Waals surface area contributed by atoms with Crippen molar-refractivity contribution in [2.24, 2.45) is 0 Å². The van der Waals surface area contributed by atoms with Crippen molar-refractivity contribution in [3.63, 3.8) is 0 Å². The number of aromatic nitrogens is 4. The van der Waals surface area contributed by atoms with E-state index < -0.39 is 11.4 Å². The Labute approximate surface area is 205 Å². The lowest BCUT2D eigenvalue weighted by molar-refractivity contribution is 0.0953. The number of ether oxygens (including phenoxy) is 2. The minimum absolute atomic E-state index is 0.136. The standard InChI is InChI=1S/C25H24FN5O3S/c1-16-13-30(15-28-16)20-6-4-18(12-22(20)33-2)35-23-7-9-29-31(24(23)27)25(14-32)8-10-34-21-11-17(26)3-5-19(21)25/h3-7,9,11-13,15,27,32H,8,10,14H2,1-2H3. The fraction of sp³-hybridized carbons (Fsp3) is 0.240. The van der Waals surface area contributed by atoms with Gasteiger partial charge < -0.3 is 19.1 Å². The summed E-state index contributed by atoms with van der Waals surface area (Å²) in [6, 6.07) is 11.8. The Morgan fingerprint density at radius 1 is 1.26 bits per heavy atom. The van der Waals surface area contributed by atoms with E-state index in [9.17, 15) is 9.50 Å². The van der Waals surface area contributed by atoms with Gasteiger partial charge in [0, 0.05) is 35.3 Å². The number of nitrogens with zero attached hydrogens (tertiary/aromatic N) is 4. The van der Waals surface area contributed by atoms with Gasteiger partial charge in [-0.05, 0) is 43.3 Å².